The Balaban J connectivity index is 2.07. The minimum Gasteiger partial charge on any atom is -0.317 e. The Morgan fingerprint density at radius 2 is 1.63 bits per heavy atom. The van der Waals surface area contributed by atoms with Gasteiger partial charge in [0.1, 0.15) is 0 Å². The Morgan fingerprint density at radius 3 is 2.16 bits per heavy atom. The highest BCUT2D eigenvalue weighted by atomic mass is 19.4. The molecule has 1 fully saturated rings. The van der Waals surface area contributed by atoms with Crippen LogP contribution < -0.4 is 5.32 Å². The number of nitrogens with zero attached hydrogens (tertiary/aromatic N) is 2. The van der Waals surface area contributed by atoms with E-state index in [0.29, 0.717) is 19.1 Å². The van der Waals surface area contributed by atoms with Crippen LogP contribution in [0.2, 0.25) is 0 Å². The first-order valence-corrected chi connectivity index (χ1v) is 7.09. The maximum Gasteiger partial charge on any atom is 0.401 e. The molecule has 0 radical (unpaired) electrons. The van der Waals surface area contributed by atoms with Gasteiger partial charge in [-0.2, -0.15) is 13.2 Å². The van der Waals surface area contributed by atoms with Crippen LogP contribution in [-0.2, 0) is 0 Å². The van der Waals surface area contributed by atoms with Gasteiger partial charge in [-0.25, -0.2) is 0 Å². The van der Waals surface area contributed by atoms with E-state index in [0.717, 1.165) is 32.5 Å². The lowest BCUT2D eigenvalue weighted by molar-refractivity contribution is -0.149. The van der Waals surface area contributed by atoms with Crippen molar-refractivity contribution in [2.75, 3.05) is 46.3 Å². The topological polar surface area (TPSA) is 18.5 Å². The number of nitrogens with one attached hydrogen (secondary N) is 1. The fourth-order valence-corrected chi connectivity index (χ4v) is 2.35. The third kappa shape index (κ3) is 7.74. The Hall–Kier alpha value is -0.330. The van der Waals surface area contributed by atoms with Crippen LogP contribution in [0.1, 0.15) is 26.2 Å². The number of rotatable bonds is 7. The Labute approximate surface area is 114 Å². The van der Waals surface area contributed by atoms with Crippen molar-refractivity contribution in [3.05, 3.63) is 0 Å². The quantitative estimate of drug-likeness (QED) is 0.720. The first-order chi connectivity index (χ1) is 8.90. The Kier molecular flexibility index (Phi) is 7.10. The standard InChI is InChI=1S/C13H26F3N3/c1-12(17-2)5-3-4-6-18-7-9-19(10-8-18)11-13(14,15)16/h12,17H,3-11H2,1-2H3. The van der Waals surface area contributed by atoms with Gasteiger partial charge in [0.25, 0.3) is 0 Å². The number of alkyl halides is 3. The van der Waals surface area contributed by atoms with E-state index < -0.39 is 12.7 Å². The third-order valence-electron chi connectivity index (χ3n) is 3.72. The van der Waals surface area contributed by atoms with Crippen molar-refractivity contribution in [2.45, 2.75) is 38.4 Å². The molecule has 6 heteroatoms. The van der Waals surface area contributed by atoms with E-state index in [1.54, 1.807) is 0 Å². The average molecular weight is 281 g/mol. The van der Waals surface area contributed by atoms with Gasteiger partial charge in [0.15, 0.2) is 0 Å². The van der Waals surface area contributed by atoms with Gasteiger partial charge >= 0.3 is 6.18 Å². The van der Waals surface area contributed by atoms with E-state index in [4.69, 9.17) is 0 Å². The zero-order chi connectivity index (χ0) is 14.3. The molecule has 0 aliphatic carbocycles. The summed E-state index contributed by atoms with van der Waals surface area (Å²) in [5.74, 6) is 0. The first-order valence-electron chi connectivity index (χ1n) is 7.09. The molecule has 0 saturated carbocycles. The molecule has 19 heavy (non-hydrogen) atoms. The van der Waals surface area contributed by atoms with E-state index in [1.165, 1.54) is 11.3 Å². The van der Waals surface area contributed by atoms with E-state index >= 15 is 0 Å². The molecule has 1 saturated heterocycles. The van der Waals surface area contributed by atoms with Gasteiger partial charge in [-0.05, 0) is 33.4 Å². The fourth-order valence-electron chi connectivity index (χ4n) is 2.35. The van der Waals surface area contributed by atoms with Crippen LogP contribution >= 0.6 is 0 Å². The lowest BCUT2D eigenvalue weighted by Gasteiger charge is -2.35. The zero-order valence-electron chi connectivity index (χ0n) is 12.0. The molecule has 1 aliphatic rings. The molecular weight excluding hydrogens is 255 g/mol. The number of hydrogen-bond acceptors (Lipinski definition) is 3. The Morgan fingerprint density at radius 1 is 1.05 bits per heavy atom. The van der Waals surface area contributed by atoms with Crippen molar-refractivity contribution in [1.82, 2.24) is 15.1 Å². The summed E-state index contributed by atoms with van der Waals surface area (Å²) in [5.41, 5.74) is 0. The summed E-state index contributed by atoms with van der Waals surface area (Å²) in [6, 6.07) is 0.545. The largest absolute Gasteiger partial charge is 0.401 e. The average Bonchev–Trinajstić information content (AvgIpc) is 2.34. The summed E-state index contributed by atoms with van der Waals surface area (Å²) >= 11 is 0. The predicted molar refractivity (Wildman–Crippen MR) is 71.3 cm³/mol. The molecule has 0 amide bonds. The molecule has 1 heterocycles. The van der Waals surface area contributed by atoms with Crippen molar-refractivity contribution in [3.63, 3.8) is 0 Å². The monoisotopic (exact) mass is 281 g/mol. The molecule has 0 aromatic rings. The normalized spacial score (nSPS) is 20.7. The van der Waals surface area contributed by atoms with Crippen molar-refractivity contribution in [3.8, 4) is 0 Å². The van der Waals surface area contributed by atoms with Gasteiger partial charge in [0.2, 0.25) is 0 Å². The van der Waals surface area contributed by atoms with Crippen LogP contribution in [0.4, 0.5) is 13.2 Å². The summed E-state index contributed by atoms with van der Waals surface area (Å²) in [7, 11) is 1.96. The molecule has 0 aromatic carbocycles. The maximum atomic E-state index is 12.2. The predicted octanol–water partition coefficient (Wildman–Crippen LogP) is 1.94. The number of hydrogen-bond donors (Lipinski definition) is 1. The molecule has 114 valence electrons. The van der Waals surface area contributed by atoms with Crippen LogP contribution in [0.5, 0.6) is 0 Å². The number of piperazine rings is 1. The van der Waals surface area contributed by atoms with Gasteiger partial charge in [0, 0.05) is 32.2 Å². The van der Waals surface area contributed by atoms with Gasteiger partial charge in [-0.3, -0.25) is 4.90 Å². The van der Waals surface area contributed by atoms with Gasteiger partial charge < -0.3 is 10.2 Å². The number of halogens is 3. The summed E-state index contributed by atoms with van der Waals surface area (Å²) in [5, 5.41) is 3.20. The van der Waals surface area contributed by atoms with E-state index in [2.05, 4.69) is 17.1 Å². The molecule has 0 spiro atoms. The van der Waals surface area contributed by atoms with Crippen LogP contribution in [-0.4, -0.2) is 68.3 Å². The van der Waals surface area contributed by atoms with Gasteiger partial charge in [-0.15, -0.1) is 0 Å². The highest BCUT2D eigenvalue weighted by Gasteiger charge is 2.31. The van der Waals surface area contributed by atoms with Crippen molar-refractivity contribution in [1.29, 1.82) is 0 Å². The molecular formula is C13H26F3N3. The maximum absolute atomic E-state index is 12.2. The number of unbranched alkanes of at least 4 members (excludes halogenated alkanes) is 1. The molecule has 1 unspecified atom stereocenters. The highest BCUT2D eigenvalue weighted by molar-refractivity contribution is 4.74. The van der Waals surface area contributed by atoms with Crippen molar-refractivity contribution < 1.29 is 13.2 Å². The van der Waals surface area contributed by atoms with Crippen LogP contribution in [0.25, 0.3) is 0 Å². The lowest BCUT2D eigenvalue weighted by atomic mass is 10.1. The van der Waals surface area contributed by atoms with Crippen LogP contribution in [0.3, 0.4) is 0 Å². The smallest absolute Gasteiger partial charge is 0.317 e. The molecule has 1 rings (SSSR count). The fraction of sp³-hybridized carbons (Fsp3) is 1.00. The van der Waals surface area contributed by atoms with Crippen molar-refractivity contribution >= 4 is 0 Å². The van der Waals surface area contributed by atoms with Crippen molar-refractivity contribution in [2.24, 2.45) is 0 Å². The molecule has 0 bridgehead atoms. The molecule has 0 aromatic heterocycles. The van der Waals surface area contributed by atoms with E-state index in [1.807, 2.05) is 7.05 Å². The summed E-state index contributed by atoms with van der Waals surface area (Å²) in [4.78, 5) is 3.77. The lowest BCUT2D eigenvalue weighted by Crippen LogP contribution is -2.49. The minimum absolute atomic E-state index is 0.534. The first kappa shape index (κ1) is 16.7. The second-order valence-electron chi connectivity index (χ2n) is 5.42. The van der Waals surface area contributed by atoms with Gasteiger partial charge in [-0.1, -0.05) is 6.42 Å². The summed E-state index contributed by atoms with van der Waals surface area (Å²) < 4.78 is 36.7. The van der Waals surface area contributed by atoms with Crippen LogP contribution in [0, 0.1) is 0 Å². The third-order valence-corrected chi connectivity index (χ3v) is 3.72. The zero-order valence-corrected chi connectivity index (χ0v) is 12.0. The molecule has 3 nitrogen and oxygen atoms in total. The highest BCUT2D eigenvalue weighted by Crippen LogP contribution is 2.17. The SMILES string of the molecule is CNC(C)CCCCN1CCN(CC(F)(F)F)CC1. The van der Waals surface area contributed by atoms with E-state index in [-0.39, 0.29) is 0 Å². The Bertz CT molecular complexity index is 238. The second kappa shape index (κ2) is 8.07. The minimum atomic E-state index is -4.06. The van der Waals surface area contributed by atoms with Crippen LogP contribution in [0.15, 0.2) is 0 Å². The summed E-state index contributed by atoms with van der Waals surface area (Å²) in [6.07, 6.45) is -0.605. The van der Waals surface area contributed by atoms with E-state index in [9.17, 15) is 13.2 Å². The second-order valence-corrected chi connectivity index (χ2v) is 5.42. The molecule has 1 N–H and O–H groups in total. The summed E-state index contributed by atoms with van der Waals surface area (Å²) in [6.45, 7) is 5.00. The van der Waals surface area contributed by atoms with Gasteiger partial charge in [0.05, 0.1) is 6.54 Å². The molecule has 1 atom stereocenters. The molecule has 1 aliphatic heterocycles.